The number of aromatic nitrogens is 1. The molecule has 0 unspecified atom stereocenters. The van der Waals surface area contributed by atoms with Gasteiger partial charge < -0.3 is 9.64 Å². The number of anilines is 1. The van der Waals surface area contributed by atoms with Gasteiger partial charge in [0.05, 0.1) is 17.1 Å². The first-order valence-electron chi connectivity index (χ1n) is 10.1. The molecule has 4 heterocycles. The van der Waals surface area contributed by atoms with Crippen LogP contribution in [0.3, 0.4) is 0 Å². The lowest BCUT2D eigenvalue weighted by atomic mass is 10.1. The van der Waals surface area contributed by atoms with Gasteiger partial charge in [-0.25, -0.2) is 4.98 Å². The largest absolute Gasteiger partial charge is 0.476 e. The van der Waals surface area contributed by atoms with Gasteiger partial charge in [-0.15, -0.1) is 22.7 Å². The summed E-state index contributed by atoms with van der Waals surface area (Å²) in [7, 11) is 0. The first-order chi connectivity index (χ1) is 14.7. The fourth-order valence-corrected chi connectivity index (χ4v) is 5.50. The standard InChI is InChI=1S/C22H21N3O3S2/c26-21(15-14-30-20(23-15)19-9-6-12-29-19)25-13-18(22(27)24-10-4-1-5-11-24)28-17-8-3-2-7-16(17)25/h2-3,6-9,12,14,18H,1,4-5,10-11,13H2/t18-/m1/s1. The van der Waals surface area contributed by atoms with Crippen LogP contribution in [0.25, 0.3) is 9.88 Å². The fraction of sp³-hybridized carbons (Fsp3) is 0.318. The van der Waals surface area contributed by atoms with Gasteiger partial charge >= 0.3 is 0 Å². The Morgan fingerprint density at radius 3 is 2.67 bits per heavy atom. The Labute approximate surface area is 182 Å². The molecule has 0 aliphatic carbocycles. The van der Waals surface area contributed by atoms with Crippen LogP contribution in [0.4, 0.5) is 5.69 Å². The molecule has 8 heteroatoms. The number of amides is 2. The lowest BCUT2D eigenvalue weighted by molar-refractivity contribution is -0.139. The van der Waals surface area contributed by atoms with Crippen molar-refractivity contribution >= 4 is 40.2 Å². The van der Waals surface area contributed by atoms with Gasteiger partial charge in [-0.05, 0) is 42.8 Å². The number of nitrogens with zero attached hydrogens (tertiary/aromatic N) is 3. The van der Waals surface area contributed by atoms with Crippen molar-refractivity contribution in [3.8, 4) is 15.6 Å². The Balaban J connectivity index is 1.43. The van der Waals surface area contributed by atoms with Gasteiger partial charge in [0.2, 0.25) is 0 Å². The zero-order chi connectivity index (χ0) is 20.5. The summed E-state index contributed by atoms with van der Waals surface area (Å²) in [5.41, 5.74) is 1.07. The SMILES string of the molecule is O=C([C@H]1CN(C(=O)c2csc(-c3cccs3)n2)c2ccccc2O1)N1CCCCC1. The molecular formula is C22H21N3O3S2. The highest BCUT2D eigenvalue weighted by Gasteiger charge is 2.37. The number of thiazole rings is 1. The van der Waals surface area contributed by atoms with Crippen LogP contribution in [0.5, 0.6) is 5.75 Å². The van der Waals surface area contributed by atoms with Crippen molar-refractivity contribution in [3.05, 3.63) is 52.9 Å². The topological polar surface area (TPSA) is 62.7 Å². The highest BCUT2D eigenvalue weighted by atomic mass is 32.1. The average molecular weight is 440 g/mol. The van der Waals surface area contributed by atoms with Gasteiger partial charge in [-0.3, -0.25) is 14.5 Å². The van der Waals surface area contributed by atoms with E-state index >= 15 is 0 Å². The minimum Gasteiger partial charge on any atom is -0.476 e. The van der Waals surface area contributed by atoms with E-state index in [-0.39, 0.29) is 18.4 Å². The van der Waals surface area contributed by atoms with Gasteiger partial charge in [0.15, 0.2) is 6.10 Å². The fourth-order valence-electron chi connectivity index (χ4n) is 3.90. The summed E-state index contributed by atoms with van der Waals surface area (Å²) in [6, 6.07) is 11.3. The summed E-state index contributed by atoms with van der Waals surface area (Å²) in [6.07, 6.45) is 2.49. The van der Waals surface area contributed by atoms with E-state index in [2.05, 4.69) is 4.98 Å². The second kappa shape index (κ2) is 8.20. The van der Waals surface area contributed by atoms with E-state index in [1.54, 1.807) is 21.6 Å². The van der Waals surface area contributed by atoms with Crippen molar-refractivity contribution in [2.75, 3.05) is 24.5 Å². The molecule has 1 fully saturated rings. The van der Waals surface area contributed by atoms with E-state index in [0.717, 1.165) is 42.2 Å². The monoisotopic (exact) mass is 439 g/mol. The zero-order valence-corrected chi connectivity index (χ0v) is 18.0. The number of hydrogen-bond donors (Lipinski definition) is 0. The van der Waals surface area contributed by atoms with E-state index in [1.165, 1.54) is 11.3 Å². The molecule has 2 aromatic heterocycles. The molecule has 2 aliphatic heterocycles. The predicted molar refractivity (Wildman–Crippen MR) is 118 cm³/mol. The quantitative estimate of drug-likeness (QED) is 0.611. The highest BCUT2D eigenvalue weighted by molar-refractivity contribution is 7.20. The van der Waals surface area contributed by atoms with E-state index in [4.69, 9.17) is 4.74 Å². The number of ether oxygens (including phenoxy) is 1. The third kappa shape index (κ3) is 3.61. The van der Waals surface area contributed by atoms with Crippen molar-refractivity contribution in [2.45, 2.75) is 25.4 Å². The maximum absolute atomic E-state index is 13.4. The minimum atomic E-state index is -0.697. The molecule has 30 heavy (non-hydrogen) atoms. The molecule has 0 saturated carbocycles. The van der Waals surface area contributed by atoms with E-state index in [1.807, 2.05) is 46.7 Å². The van der Waals surface area contributed by atoms with Crippen molar-refractivity contribution in [1.82, 2.24) is 9.88 Å². The smallest absolute Gasteiger partial charge is 0.278 e. The molecule has 1 atom stereocenters. The van der Waals surface area contributed by atoms with Crippen molar-refractivity contribution < 1.29 is 14.3 Å². The van der Waals surface area contributed by atoms with Gasteiger partial charge in [0.1, 0.15) is 16.5 Å². The molecule has 3 aromatic rings. The number of rotatable bonds is 3. The predicted octanol–water partition coefficient (Wildman–Crippen LogP) is 4.29. The number of para-hydroxylation sites is 2. The van der Waals surface area contributed by atoms with Crippen molar-refractivity contribution in [2.24, 2.45) is 0 Å². The third-order valence-electron chi connectivity index (χ3n) is 5.42. The second-order valence-electron chi connectivity index (χ2n) is 7.39. The molecule has 1 aromatic carbocycles. The van der Waals surface area contributed by atoms with Crippen LogP contribution < -0.4 is 9.64 Å². The van der Waals surface area contributed by atoms with Gasteiger partial charge in [-0.1, -0.05) is 18.2 Å². The summed E-state index contributed by atoms with van der Waals surface area (Å²) in [5, 5.41) is 4.61. The van der Waals surface area contributed by atoms with Crippen LogP contribution in [0.2, 0.25) is 0 Å². The normalized spacial score (nSPS) is 18.6. The Hall–Kier alpha value is -2.71. The third-order valence-corrected chi connectivity index (χ3v) is 7.30. The van der Waals surface area contributed by atoms with E-state index in [0.29, 0.717) is 17.1 Å². The van der Waals surface area contributed by atoms with E-state index in [9.17, 15) is 9.59 Å². The van der Waals surface area contributed by atoms with Crippen LogP contribution in [-0.2, 0) is 4.79 Å². The van der Waals surface area contributed by atoms with Crippen LogP contribution in [0.15, 0.2) is 47.2 Å². The lowest BCUT2D eigenvalue weighted by Gasteiger charge is -2.37. The summed E-state index contributed by atoms with van der Waals surface area (Å²) in [5.74, 6) is 0.307. The lowest BCUT2D eigenvalue weighted by Crippen LogP contribution is -2.52. The van der Waals surface area contributed by atoms with Crippen LogP contribution in [-0.4, -0.2) is 47.4 Å². The molecule has 0 radical (unpaired) electrons. The molecule has 0 bridgehead atoms. The average Bonchev–Trinajstić information content (AvgIpc) is 3.50. The van der Waals surface area contributed by atoms with Crippen LogP contribution in [0, 0.1) is 0 Å². The van der Waals surface area contributed by atoms with Crippen molar-refractivity contribution in [1.29, 1.82) is 0 Å². The molecule has 6 nitrogen and oxygen atoms in total. The first-order valence-corrected chi connectivity index (χ1v) is 11.8. The zero-order valence-electron chi connectivity index (χ0n) is 16.3. The molecule has 2 aliphatic rings. The highest BCUT2D eigenvalue weighted by Crippen LogP contribution is 2.35. The summed E-state index contributed by atoms with van der Waals surface area (Å²) in [6.45, 7) is 1.70. The minimum absolute atomic E-state index is 0.0421. The Morgan fingerprint density at radius 2 is 1.87 bits per heavy atom. The maximum atomic E-state index is 13.4. The Morgan fingerprint density at radius 1 is 1.03 bits per heavy atom. The molecule has 2 amide bonds. The van der Waals surface area contributed by atoms with Crippen LogP contribution in [0.1, 0.15) is 29.8 Å². The Bertz CT molecular complexity index is 1060. The number of thiophene rings is 1. The molecule has 5 rings (SSSR count). The summed E-state index contributed by atoms with van der Waals surface area (Å²) < 4.78 is 6.03. The number of carbonyl (C=O) groups excluding carboxylic acids is 2. The number of fused-ring (bicyclic) bond motifs is 1. The van der Waals surface area contributed by atoms with Gasteiger partial charge in [0.25, 0.3) is 11.8 Å². The van der Waals surface area contributed by atoms with Gasteiger partial charge in [0, 0.05) is 18.5 Å². The number of likely N-dealkylation sites (tertiary alicyclic amines) is 1. The Kier molecular flexibility index (Phi) is 5.26. The van der Waals surface area contributed by atoms with E-state index < -0.39 is 6.10 Å². The molecule has 0 N–H and O–H groups in total. The molecule has 1 saturated heterocycles. The first kappa shape index (κ1) is 19.3. The number of piperidine rings is 1. The summed E-state index contributed by atoms with van der Waals surface area (Å²) >= 11 is 3.05. The maximum Gasteiger partial charge on any atom is 0.278 e. The molecule has 0 spiro atoms. The summed E-state index contributed by atoms with van der Waals surface area (Å²) in [4.78, 5) is 35.6. The molecule has 154 valence electrons. The van der Waals surface area contributed by atoms with Gasteiger partial charge in [-0.2, -0.15) is 0 Å². The number of benzene rings is 1. The van der Waals surface area contributed by atoms with Crippen LogP contribution >= 0.6 is 22.7 Å². The number of hydrogen-bond acceptors (Lipinski definition) is 6. The molecular weight excluding hydrogens is 418 g/mol. The number of carbonyl (C=O) groups is 2. The second-order valence-corrected chi connectivity index (χ2v) is 9.20. The van der Waals surface area contributed by atoms with Crippen molar-refractivity contribution in [3.63, 3.8) is 0 Å².